The molecule has 0 saturated heterocycles. The summed E-state index contributed by atoms with van der Waals surface area (Å²) in [4.78, 5) is 14.8. The predicted octanol–water partition coefficient (Wildman–Crippen LogP) is 0.646. The molecule has 0 aromatic carbocycles. The van der Waals surface area contributed by atoms with Crippen LogP contribution in [0.4, 0.5) is 5.69 Å². The summed E-state index contributed by atoms with van der Waals surface area (Å²) in [6.45, 7) is 3.18. The lowest BCUT2D eigenvalue weighted by atomic mass is 10.1. The van der Waals surface area contributed by atoms with Crippen molar-refractivity contribution in [3.8, 4) is 0 Å². The lowest BCUT2D eigenvalue weighted by Crippen LogP contribution is -2.23. The monoisotopic (exact) mass is 256 g/mol. The Hall–Kier alpha value is -1.11. The van der Waals surface area contributed by atoms with Gasteiger partial charge < -0.3 is 15.9 Å². The van der Waals surface area contributed by atoms with Crippen molar-refractivity contribution in [3.63, 3.8) is 0 Å². The molecular weight excluding hydrogens is 240 g/mol. The number of anilines is 1. The summed E-state index contributed by atoms with van der Waals surface area (Å²) in [5.74, 6) is 0.117. The van der Waals surface area contributed by atoms with E-state index in [-0.39, 0.29) is 16.6 Å². The molecule has 0 amide bonds. The maximum absolute atomic E-state index is 10.8. The Bertz CT molecular complexity index is 412. The molecule has 2 unspecified atom stereocenters. The van der Waals surface area contributed by atoms with Crippen molar-refractivity contribution in [2.24, 2.45) is 0 Å². The zero-order chi connectivity index (χ0) is 13.0. The highest BCUT2D eigenvalue weighted by molar-refractivity contribution is 8.13. The van der Waals surface area contributed by atoms with E-state index in [1.165, 1.54) is 6.92 Å². The number of hydrogen-bond donors (Lipinski definition) is 3. The first-order valence-corrected chi connectivity index (χ1v) is 6.13. The van der Waals surface area contributed by atoms with Crippen molar-refractivity contribution in [3.05, 3.63) is 23.5 Å². The van der Waals surface area contributed by atoms with Gasteiger partial charge in [0.1, 0.15) is 6.10 Å². The third-order valence-corrected chi connectivity index (χ3v) is 3.11. The van der Waals surface area contributed by atoms with Crippen molar-refractivity contribution in [1.82, 2.24) is 4.98 Å². The van der Waals surface area contributed by atoms with Gasteiger partial charge in [0.25, 0.3) is 0 Å². The van der Waals surface area contributed by atoms with Gasteiger partial charge in [-0.3, -0.25) is 9.78 Å². The molecule has 1 rings (SSSR count). The van der Waals surface area contributed by atoms with Crippen molar-refractivity contribution in [2.75, 3.05) is 11.5 Å². The number of aliphatic hydroxyl groups excluding tert-OH is 2. The van der Waals surface area contributed by atoms with E-state index in [0.717, 1.165) is 11.8 Å². The summed E-state index contributed by atoms with van der Waals surface area (Å²) < 4.78 is 0. The average molecular weight is 256 g/mol. The second kappa shape index (κ2) is 6.00. The molecule has 17 heavy (non-hydrogen) atoms. The molecule has 0 aliphatic rings. The van der Waals surface area contributed by atoms with Gasteiger partial charge in [0.05, 0.1) is 17.5 Å². The maximum Gasteiger partial charge on any atom is 0.185 e. The molecule has 0 aliphatic carbocycles. The van der Waals surface area contributed by atoms with Crippen LogP contribution in [0.3, 0.4) is 0 Å². The van der Waals surface area contributed by atoms with Gasteiger partial charge in [0.15, 0.2) is 5.12 Å². The van der Waals surface area contributed by atoms with Crippen LogP contribution in [0, 0.1) is 6.92 Å². The quantitative estimate of drug-likeness (QED) is 0.732. The van der Waals surface area contributed by atoms with Gasteiger partial charge in [-0.25, -0.2) is 0 Å². The van der Waals surface area contributed by atoms with Crippen molar-refractivity contribution in [2.45, 2.75) is 26.1 Å². The number of aryl methyl sites for hydroxylation is 1. The molecule has 5 nitrogen and oxygen atoms in total. The number of hydrogen-bond acceptors (Lipinski definition) is 6. The van der Waals surface area contributed by atoms with Gasteiger partial charge in [-0.05, 0) is 19.1 Å². The lowest BCUT2D eigenvalue weighted by molar-refractivity contribution is -0.109. The zero-order valence-electron chi connectivity index (χ0n) is 9.75. The standard InChI is InChI=1S/C11H16N2O3S/c1-6-3-4-8(12)10(13-6)11(16)9(15)5-17-7(2)14/h3-4,9,11,15-16H,5,12H2,1-2H3. The fraction of sp³-hybridized carbons (Fsp3) is 0.455. The van der Waals surface area contributed by atoms with E-state index < -0.39 is 12.2 Å². The Morgan fingerprint density at radius 2 is 2.18 bits per heavy atom. The molecule has 0 aliphatic heterocycles. The smallest absolute Gasteiger partial charge is 0.185 e. The molecule has 0 spiro atoms. The van der Waals surface area contributed by atoms with Gasteiger partial charge in [-0.15, -0.1) is 0 Å². The van der Waals surface area contributed by atoms with Crippen LogP contribution in [-0.4, -0.2) is 32.2 Å². The summed E-state index contributed by atoms with van der Waals surface area (Å²) in [5.41, 5.74) is 6.96. The molecule has 2 atom stereocenters. The predicted molar refractivity (Wildman–Crippen MR) is 67.5 cm³/mol. The van der Waals surface area contributed by atoms with Crippen molar-refractivity contribution < 1.29 is 15.0 Å². The molecule has 1 aromatic rings. The lowest BCUT2D eigenvalue weighted by Gasteiger charge is -2.18. The highest BCUT2D eigenvalue weighted by Crippen LogP contribution is 2.23. The Morgan fingerprint density at radius 1 is 1.53 bits per heavy atom. The highest BCUT2D eigenvalue weighted by Gasteiger charge is 2.22. The fourth-order valence-corrected chi connectivity index (χ4v) is 1.89. The summed E-state index contributed by atoms with van der Waals surface area (Å²) in [6.07, 6.45) is -2.25. The van der Waals surface area contributed by atoms with Crippen LogP contribution in [0.15, 0.2) is 12.1 Å². The van der Waals surface area contributed by atoms with E-state index in [9.17, 15) is 15.0 Å². The summed E-state index contributed by atoms with van der Waals surface area (Å²) >= 11 is 0.955. The minimum absolute atomic E-state index is 0.110. The Morgan fingerprint density at radius 3 is 2.76 bits per heavy atom. The van der Waals surface area contributed by atoms with E-state index in [4.69, 9.17) is 5.73 Å². The SMILES string of the molecule is CC(=O)SCC(O)C(O)c1nc(C)ccc1N. The normalized spacial score (nSPS) is 14.4. The van der Waals surface area contributed by atoms with Crippen molar-refractivity contribution in [1.29, 1.82) is 0 Å². The molecule has 4 N–H and O–H groups in total. The minimum Gasteiger partial charge on any atom is -0.397 e. The van der Waals surface area contributed by atoms with Gasteiger partial charge in [0.2, 0.25) is 0 Å². The molecule has 0 fully saturated rings. The number of nitrogens with two attached hydrogens (primary N) is 1. The summed E-state index contributed by atoms with van der Waals surface area (Å²) in [7, 11) is 0. The number of nitrogen functional groups attached to an aromatic ring is 1. The van der Waals surface area contributed by atoms with Gasteiger partial charge in [-0.1, -0.05) is 11.8 Å². The first-order valence-electron chi connectivity index (χ1n) is 5.14. The topological polar surface area (TPSA) is 96.4 Å². The summed E-state index contributed by atoms with van der Waals surface area (Å²) in [6, 6.07) is 3.36. The third kappa shape index (κ3) is 3.99. The van der Waals surface area contributed by atoms with E-state index in [1.54, 1.807) is 19.1 Å². The number of carbonyl (C=O) groups excluding carboxylic acids is 1. The van der Waals surface area contributed by atoms with Gasteiger partial charge >= 0.3 is 0 Å². The number of rotatable bonds is 4. The highest BCUT2D eigenvalue weighted by atomic mass is 32.2. The molecule has 6 heteroatoms. The van der Waals surface area contributed by atoms with Crippen LogP contribution in [0.5, 0.6) is 0 Å². The second-order valence-corrected chi connectivity index (χ2v) is 4.94. The van der Waals surface area contributed by atoms with E-state index in [2.05, 4.69) is 4.98 Å². The Balaban J connectivity index is 2.77. The summed E-state index contributed by atoms with van der Waals surface area (Å²) in [5, 5.41) is 19.5. The van der Waals surface area contributed by atoms with Crippen LogP contribution in [0.2, 0.25) is 0 Å². The van der Waals surface area contributed by atoms with Crippen LogP contribution in [-0.2, 0) is 4.79 Å². The van der Waals surface area contributed by atoms with Crippen LogP contribution < -0.4 is 5.73 Å². The molecule has 94 valence electrons. The van der Waals surface area contributed by atoms with Crippen molar-refractivity contribution >= 4 is 22.6 Å². The molecule has 1 heterocycles. The number of aliphatic hydroxyl groups is 2. The van der Waals surface area contributed by atoms with E-state index in [1.807, 2.05) is 0 Å². The minimum atomic E-state index is -1.18. The van der Waals surface area contributed by atoms with E-state index >= 15 is 0 Å². The first-order chi connectivity index (χ1) is 7.91. The number of thioether (sulfide) groups is 1. The molecule has 0 radical (unpaired) electrons. The third-order valence-electron chi connectivity index (χ3n) is 2.20. The molecular formula is C11H16N2O3S. The molecule has 1 aromatic heterocycles. The molecule has 0 saturated carbocycles. The maximum atomic E-state index is 10.8. The first kappa shape index (κ1) is 14.0. The number of aromatic nitrogens is 1. The van der Waals surface area contributed by atoms with Gasteiger partial charge in [0, 0.05) is 18.4 Å². The Labute approximate surface area is 104 Å². The Kier molecular flexibility index (Phi) is 4.92. The van der Waals surface area contributed by atoms with Crippen LogP contribution >= 0.6 is 11.8 Å². The molecule has 0 bridgehead atoms. The van der Waals surface area contributed by atoms with Crippen LogP contribution in [0.25, 0.3) is 0 Å². The zero-order valence-corrected chi connectivity index (χ0v) is 10.6. The number of pyridine rings is 1. The number of nitrogens with zero attached hydrogens (tertiary/aromatic N) is 1. The van der Waals surface area contributed by atoms with E-state index in [0.29, 0.717) is 11.4 Å². The number of carbonyl (C=O) groups is 1. The second-order valence-electron chi connectivity index (χ2n) is 3.74. The van der Waals surface area contributed by atoms with Gasteiger partial charge in [-0.2, -0.15) is 0 Å². The fourth-order valence-electron chi connectivity index (χ4n) is 1.30. The van der Waals surface area contributed by atoms with Crippen LogP contribution in [0.1, 0.15) is 24.4 Å². The largest absolute Gasteiger partial charge is 0.397 e. The average Bonchev–Trinajstić information content (AvgIpc) is 2.28.